The maximum atomic E-state index is 11.3. The van der Waals surface area contributed by atoms with Crippen molar-refractivity contribution in [3.8, 4) is 0 Å². The van der Waals surface area contributed by atoms with Crippen LogP contribution in [0.1, 0.15) is 29.4 Å². The Morgan fingerprint density at radius 2 is 1.94 bits per heavy atom. The molecule has 3 nitrogen and oxygen atoms in total. The van der Waals surface area contributed by atoms with Crippen molar-refractivity contribution < 1.29 is 9.90 Å². The SMILES string of the molecule is CC(NC(C(=O)O)c1ccccc1)c1cccs1. The Labute approximate surface area is 110 Å². The number of thiophene rings is 1. The predicted molar refractivity (Wildman–Crippen MR) is 72.7 cm³/mol. The number of nitrogens with one attached hydrogen (secondary N) is 1. The van der Waals surface area contributed by atoms with E-state index in [9.17, 15) is 9.90 Å². The Hall–Kier alpha value is -1.65. The van der Waals surface area contributed by atoms with Gasteiger partial charge in [0.05, 0.1) is 0 Å². The van der Waals surface area contributed by atoms with Gasteiger partial charge in [0, 0.05) is 10.9 Å². The zero-order valence-corrected chi connectivity index (χ0v) is 10.9. The van der Waals surface area contributed by atoms with Crippen molar-refractivity contribution in [1.29, 1.82) is 0 Å². The van der Waals surface area contributed by atoms with E-state index in [4.69, 9.17) is 0 Å². The van der Waals surface area contributed by atoms with Gasteiger partial charge in [-0.2, -0.15) is 0 Å². The second kappa shape index (κ2) is 5.80. The van der Waals surface area contributed by atoms with Crippen LogP contribution < -0.4 is 5.32 Å². The third-order valence-electron chi connectivity index (χ3n) is 2.77. The van der Waals surface area contributed by atoms with Gasteiger partial charge in [0.2, 0.25) is 0 Å². The molecule has 4 heteroatoms. The molecule has 0 saturated heterocycles. The van der Waals surface area contributed by atoms with Crippen LogP contribution in [-0.2, 0) is 4.79 Å². The smallest absolute Gasteiger partial charge is 0.325 e. The second-order valence-corrected chi connectivity index (χ2v) is 5.06. The molecule has 0 saturated carbocycles. The van der Waals surface area contributed by atoms with Gasteiger partial charge in [-0.1, -0.05) is 36.4 Å². The molecule has 2 unspecified atom stereocenters. The van der Waals surface area contributed by atoms with Crippen LogP contribution in [0.3, 0.4) is 0 Å². The monoisotopic (exact) mass is 261 g/mol. The van der Waals surface area contributed by atoms with Crippen molar-refractivity contribution in [2.75, 3.05) is 0 Å². The lowest BCUT2D eigenvalue weighted by atomic mass is 10.1. The summed E-state index contributed by atoms with van der Waals surface area (Å²) < 4.78 is 0. The van der Waals surface area contributed by atoms with Crippen molar-refractivity contribution in [2.24, 2.45) is 0 Å². The molecule has 0 bridgehead atoms. The Morgan fingerprint density at radius 1 is 1.22 bits per heavy atom. The van der Waals surface area contributed by atoms with Gasteiger partial charge >= 0.3 is 5.97 Å². The van der Waals surface area contributed by atoms with E-state index in [0.717, 1.165) is 10.4 Å². The van der Waals surface area contributed by atoms with Crippen molar-refractivity contribution in [1.82, 2.24) is 5.32 Å². The molecule has 0 aliphatic carbocycles. The summed E-state index contributed by atoms with van der Waals surface area (Å²) in [5.41, 5.74) is 0.772. The van der Waals surface area contributed by atoms with Crippen LogP contribution in [0.25, 0.3) is 0 Å². The van der Waals surface area contributed by atoms with Gasteiger partial charge in [-0.3, -0.25) is 10.1 Å². The predicted octanol–water partition coefficient (Wildman–Crippen LogP) is 3.22. The lowest BCUT2D eigenvalue weighted by Gasteiger charge is -2.19. The first-order valence-electron chi connectivity index (χ1n) is 5.75. The summed E-state index contributed by atoms with van der Waals surface area (Å²) in [5, 5.41) is 14.5. The van der Waals surface area contributed by atoms with Gasteiger partial charge in [0.15, 0.2) is 0 Å². The maximum Gasteiger partial charge on any atom is 0.325 e. The average molecular weight is 261 g/mol. The molecule has 94 valence electrons. The zero-order valence-electron chi connectivity index (χ0n) is 10.0. The minimum Gasteiger partial charge on any atom is -0.480 e. The third kappa shape index (κ3) is 2.97. The van der Waals surface area contributed by atoms with E-state index < -0.39 is 12.0 Å². The zero-order chi connectivity index (χ0) is 13.0. The highest BCUT2D eigenvalue weighted by Gasteiger charge is 2.22. The van der Waals surface area contributed by atoms with Crippen molar-refractivity contribution in [2.45, 2.75) is 19.0 Å². The number of benzene rings is 1. The fraction of sp³-hybridized carbons (Fsp3) is 0.214. The molecule has 0 aliphatic rings. The minimum absolute atomic E-state index is 0.0197. The summed E-state index contributed by atoms with van der Waals surface area (Å²) in [5.74, 6) is -0.857. The Balaban J connectivity index is 2.15. The topological polar surface area (TPSA) is 49.3 Å². The summed E-state index contributed by atoms with van der Waals surface area (Å²) in [6.45, 7) is 1.98. The van der Waals surface area contributed by atoms with Crippen LogP contribution in [-0.4, -0.2) is 11.1 Å². The molecule has 0 aliphatic heterocycles. The van der Waals surface area contributed by atoms with Crippen LogP contribution in [0.15, 0.2) is 47.8 Å². The lowest BCUT2D eigenvalue weighted by molar-refractivity contribution is -0.139. The molecule has 1 heterocycles. The molecule has 18 heavy (non-hydrogen) atoms. The van der Waals surface area contributed by atoms with Crippen molar-refractivity contribution in [3.05, 3.63) is 58.3 Å². The molecule has 1 aromatic heterocycles. The van der Waals surface area contributed by atoms with Crippen molar-refractivity contribution in [3.63, 3.8) is 0 Å². The van der Waals surface area contributed by atoms with Gasteiger partial charge in [-0.15, -0.1) is 11.3 Å². The molecular weight excluding hydrogens is 246 g/mol. The summed E-state index contributed by atoms with van der Waals surface area (Å²) >= 11 is 1.62. The number of carbonyl (C=O) groups is 1. The number of hydrogen-bond donors (Lipinski definition) is 2. The molecule has 0 fully saturated rings. The van der Waals surface area contributed by atoms with Crippen LogP contribution in [0.5, 0.6) is 0 Å². The van der Waals surface area contributed by atoms with Crippen LogP contribution in [0, 0.1) is 0 Å². The normalized spacial score (nSPS) is 14.1. The first-order valence-corrected chi connectivity index (χ1v) is 6.63. The average Bonchev–Trinajstić information content (AvgIpc) is 2.90. The molecule has 1 aromatic carbocycles. The Kier molecular flexibility index (Phi) is 4.12. The number of hydrogen-bond acceptors (Lipinski definition) is 3. The molecule has 2 aromatic rings. The van der Waals surface area contributed by atoms with Gasteiger partial charge < -0.3 is 5.11 Å². The second-order valence-electron chi connectivity index (χ2n) is 4.09. The number of aliphatic carboxylic acids is 1. The summed E-state index contributed by atoms with van der Waals surface area (Å²) in [6, 6.07) is 12.5. The first-order chi connectivity index (χ1) is 8.68. The number of rotatable bonds is 5. The van der Waals surface area contributed by atoms with E-state index in [1.54, 1.807) is 11.3 Å². The standard InChI is InChI=1S/C14H15NO2S/c1-10(12-8-5-9-18-12)15-13(14(16)17)11-6-3-2-4-7-11/h2-10,13,15H,1H3,(H,16,17). The quantitative estimate of drug-likeness (QED) is 0.868. The summed E-state index contributed by atoms with van der Waals surface area (Å²) in [6.07, 6.45) is 0. The molecule has 0 radical (unpaired) electrons. The summed E-state index contributed by atoms with van der Waals surface area (Å²) in [7, 11) is 0. The van der Waals surface area contributed by atoms with E-state index >= 15 is 0 Å². The van der Waals surface area contributed by atoms with Crippen LogP contribution >= 0.6 is 11.3 Å². The van der Waals surface area contributed by atoms with Crippen LogP contribution in [0.2, 0.25) is 0 Å². The van der Waals surface area contributed by atoms with Crippen molar-refractivity contribution >= 4 is 17.3 Å². The fourth-order valence-corrected chi connectivity index (χ4v) is 2.57. The third-order valence-corrected chi connectivity index (χ3v) is 3.82. The minimum atomic E-state index is -0.857. The lowest BCUT2D eigenvalue weighted by Crippen LogP contribution is -2.30. The van der Waals surface area contributed by atoms with E-state index in [1.807, 2.05) is 54.8 Å². The first kappa shape index (κ1) is 12.8. The van der Waals surface area contributed by atoms with Gasteiger partial charge in [-0.05, 0) is 23.9 Å². The molecule has 2 N–H and O–H groups in total. The van der Waals surface area contributed by atoms with E-state index in [0.29, 0.717) is 0 Å². The highest BCUT2D eigenvalue weighted by Crippen LogP contribution is 2.23. The molecule has 0 spiro atoms. The molecule has 2 rings (SSSR count). The molecule has 0 amide bonds. The largest absolute Gasteiger partial charge is 0.480 e. The highest BCUT2D eigenvalue weighted by molar-refractivity contribution is 7.10. The number of carboxylic acid groups (broad SMARTS) is 1. The van der Waals surface area contributed by atoms with E-state index in [1.165, 1.54) is 0 Å². The summed E-state index contributed by atoms with van der Waals surface area (Å²) in [4.78, 5) is 12.5. The van der Waals surface area contributed by atoms with E-state index in [-0.39, 0.29) is 6.04 Å². The maximum absolute atomic E-state index is 11.3. The Bertz CT molecular complexity index is 496. The fourth-order valence-electron chi connectivity index (χ4n) is 1.83. The number of carboxylic acids is 1. The van der Waals surface area contributed by atoms with Gasteiger partial charge in [0.1, 0.15) is 6.04 Å². The van der Waals surface area contributed by atoms with E-state index in [2.05, 4.69) is 5.32 Å². The Morgan fingerprint density at radius 3 is 2.50 bits per heavy atom. The van der Waals surface area contributed by atoms with Crippen LogP contribution in [0.4, 0.5) is 0 Å². The highest BCUT2D eigenvalue weighted by atomic mass is 32.1. The van der Waals surface area contributed by atoms with Gasteiger partial charge in [0.25, 0.3) is 0 Å². The molecular formula is C14H15NO2S. The molecule has 2 atom stereocenters. The van der Waals surface area contributed by atoms with Gasteiger partial charge in [-0.25, -0.2) is 0 Å².